The van der Waals surface area contributed by atoms with E-state index in [1.54, 1.807) is 0 Å². The Morgan fingerprint density at radius 2 is 1.95 bits per heavy atom. The number of hydrogen-bond acceptors (Lipinski definition) is 2. The third-order valence-electron chi connectivity index (χ3n) is 4.41. The van der Waals surface area contributed by atoms with Crippen LogP contribution in [0.5, 0.6) is 0 Å². The lowest BCUT2D eigenvalue weighted by Crippen LogP contribution is -2.34. The highest BCUT2D eigenvalue weighted by Crippen LogP contribution is 2.13. The highest BCUT2D eigenvalue weighted by molar-refractivity contribution is 5.14. The average molecular weight is 274 g/mol. The molecule has 0 aromatic heterocycles. The van der Waals surface area contributed by atoms with E-state index in [2.05, 4.69) is 54.4 Å². The lowest BCUT2D eigenvalue weighted by atomic mass is 10.1. The minimum atomic E-state index is 0.701. The van der Waals surface area contributed by atoms with E-state index in [1.807, 2.05) is 0 Å². The summed E-state index contributed by atoms with van der Waals surface area (Å²) in [6.07, 6.45) is 6.43. The Morgan fingerprint density at radius 3 is 2.70 bits per heavy atom. The van der Waals surface area contributed by atoms with Gasteiger partial charge in [0.25, 0.3) is 0 Å². The normalized spacial score (nSPS) is 21.1. The summed E-state index contributed by atoms with van der Waals surface area (Å²) in [7, 11) is 0. The third-order valence-corrected chi connectivity index (χ3v) is 4.41. The van der Waals surface area contributed by atoms with Crippen molar-refractivity contribution in [2.75, 3.05) is 19.6 Å². The van der Waals surface area contributed by atoms with Gasteiger partial charge in [-0.2, -0.15) is 0 Å². The predicted molar refractivity (Wildman–Crippen MR) is 87.1 cm³/mol. The SMILES string of the molecule is CC(C)N1CCCC(NCCCc2ccccc2)CC1. The molecule has 1 N–H and O–H groups in total. The molecule has 0 bridgehead atoms. The Morgan fingerprint density at radius 1 is 1.15 bits per heavy atom. The summed E-state index contributed by atoms with van der Waals surface area (Å²) >= 11 is 0. The standard InChI is InChI=1S/C18H30N2/c1-16(2)20-14-7-11-18(12-15-20)19-13-6-10-17-8-4-3-5-9-17/h3-5,8-9,16,18-19H,6-7,10-15H2,1-2H3. The van der Waals surface area contributed by atoms with E-state index in [-0.39, 0.29) is 0 Å². The van der Waals surface area contributed by atoms with Crippen LogP contribution in [0, 0.1) is 0 Å². The number of nitrogens with one attached hydrogen (secondary N) is 1. The topological polar surface area (TPSA) is 15.3 Å². The van der Waals surface area contributed by atoms with E-state index >= 15 is 0 Å². The van der Waals surface area contributed by atoms with Gasteiger partial charge >= 0.3 is 0 Å². The number of hydrogen-bond donors (Lipinski definition) is 1. The average Bonchev–Trinajstić information content (AvgIpc) is 2.70. The molecule has 1 aliphatic heterocycles. The highest BCUT2D eigenvalue weighted by Gasteiger charge is 2.17. The largest absolute Gasteiger partial charge is 0.314 e. The maximum Gasteiger partial charge on any atom is 0.00797 e. The molecule has 1 saturated heterocycles. The van der Waals surface area contributed by atoms with Crippen molar-refractivity contribution in [3.8, 4) is 0 Å². The van der Waals surface area contributed by atoms with E-state index in [0.717, 1.165) is 12.6 Å². The zero-order valence-electron chi connectivity index (χ0n) is 13.1. The van der Waals surface area contributed by atoms with Crippen LogP contribution in [0.2, 0.25) is 0 Å². The molecule has 1 fully saturated rings. The van der Waals surface area contributed by atoms with Crippen molar-refractivity contribution in [1.82, 2.24) is 10.2 Å². The fourth-order valence-electron chi connectivity index (χ4n) is 3.08. The molecule has 1 aromatic rings. The summed E-state index contributed by atoms with van der Waals surface area (Å²) < 4.78 is 0. The van der Waals surface area contributed by atoms with Crippen molar-refractivity contribution in [2.45, 2.75) is 58.0 Å². The first-order valence-electron chi connectivity index (χ1n) is 8.27. The summed E-state index contributed by atoms with van der Waals surface area (Å²) in [5.74, 6) is 0. The van der Waals surface area contributed by atoms with Crippen LogP contribution in [0.1, 0.15) is 45.1 Å². The maximum atomic E-state index is 3.76. The molecule has 0 spiro atoms. The molecule has 0 amide bonds. The van der Waals surface area contributed by atoms with Crippen LogP contribution in [0.4, 0.5) is 0 Å². The second kappa shape index (κ2) is 8.43. The molecule has 0 aliphatic carbocycles. The van der Waals surface area contributed by atoms with Crippen LogP contribution in [0.3, 0.4) is 0 Å². The Bertz CT molecular complexity index is 361. The molecule has 1 aliphatic rings. The maximum absolute atomic E-state index is 3.76. The summed E-state index contributed by atoms with van der Waals surface area (Å²) in [4.78, 5) is 2.62. The van der Waals surface area contributed by atoms with Crippen LogP contribution in [-0.4, -0.2) is 36.6 Å². The number of aryl methyl sites for hydroxylation is 1. The molecule has 0 radical (unpaired) electrons. The molecule has 2 nitrogen and oxygen atoms in total. The van der Waals surface area contributed by atoms with Crippen LogP contribution < -0.4 is 5.32 Å². The number of rotatable bonds is 6. The Kier molecular flexibility index (Phi) is 6.55. The van der Waals surface area contributed by atoms with Gasteiger partial charge in [0.2, 0.25) is 0 Å². The molecular weight excluding hydrogens is 244 g/mol. The van der Waals surface area contributed by atoms with Gasteiger partial charge in [0, 0.05) is 12.1 Å². The Hall–Kier alpha value is -0.860. The summed E-state index contributed by atoms with van der Waals surface area (Å²) in [5, 5.41) is 3.76. The molecule has 2 heteroatoms. The van der Waals surface area contributed by atoms with E-state index in [0.29, 0.717) is 6.04 Å². The zero-order valence-corrected chi connectivity index (χ0v) is 13.1. The van der Waals surface area contributed by atoms with Crippen molar-refractivity contribution in [2.24, 2.45) is 0 Å². The van der Waals surface area contributed by atoms with Crippen molar-refractivity contribution in [1.29, 1.82) is 0 Å². The van der Waals surface area contributed by atoms with Crippen LogP contribution >= 0.6 is 0 Å². The van der Waals surface area contributed by atoms with Gasteiger partial charge in [-0.05, 0) is 71.1 Å². The Balaban J connectivity index is 1.62. The van der Waals surface area contributed by atoms with Gasteiger partial charge in [0.1, 0.15) is 0 Å². The lowest BCUT2D eigenvalue weighted by molar-refractivity contribution is 0.229. The minimum Gasteiger partial charge on any atom is -0.314 e. The van der Waals surface area contributed by atoms with Gasteiger partial charge in [-0.15, -0.1) is 0 Å². The van der Waals surface area contributed by atoms with Gasteiger partial charge in [0.05, 0.1) is 0 Å². The molecule has 20 heavy (non-hydrogen) atoms. The van der Waals surface area contributed by atoms with E-state index < -0.39 is 0 Å². The predicted octanol–water partition coefficient (Wildman–Crippen LogP) is 3.47. The molecule has 1 unspecified atom stereocenters. The molecule has 0 saturated carbocycles. The quantitative estimate of drug-likeness (QED) is 0.799. The molecule has 112 valence electrons. The van der Waals surface area contributed by atoms with Crippen molar-refractivity contribution in [3.05, 3.63) is 35.9 Å². The minimum absolute atomic E-state index is 0.701. The van der Waals surface area contributed by atoms with Crippen molar-refractivity contribution in [3.63, 3.8) is 0 Å². The summed E-state index contributed by atoms with van der Waals surface area (Å²) in [6, 6.07) is 12.2. The molecule has 1 atom stereocenters. The number of benzene rings is 1. The highest BCUT2D eigenvalue weighted by atomic mass is 15.1. The molecule has 2 rings (SSSR count). The fraction of sp³-hybridized carbons (Fsp3) is 0.667. The van der Waals surface area contributed by atoms with E-state index in [4.69, 9.17) is 0 Å². The van der Waals surface area contributed by atoms with E-state index in [9.17, 15) is 0 Å². The smallest absolute Gasteiger partial charge is 0.00797 e. The van der Waals surface area contributed by atoms with E-state index in [1.165, 1.54) is 50.8 Å². The van der Waals surface area contributed by atoms with Crippen molar-refractivity contribution < 1.29 is 0 Å². The first kappa shape index (κ1) is 15.5. The third kappa shape index (κ3) is 5.26. The molecule has 1 aromatic carbocycles. The molecular formula is C18H30N2. The van der Waals surface area contributed by atoms with Gasteiger partial charge in [-0.1, -0.05) is 30.3 Å². The van der Waals surface area contributed by atoms with Crippen molar-refractivity contribution >= 4 is 0 Å². The monoisotopic (exact) mass is 274 g/mol. The van der Waals surface area contributed by atoms with Crippen LogP contribution in [-0.2, 0) is 6.42 Å². The van der Waals surface area contributed by atoms with Gasteiger partial charge in [-0.25, -0.2) is 0 Å². The van der Waals surface area contributed by atoms with Gasteiger partial charge in [-0.3, -0.25) is 0 Å². The first-order chi connectivity index (χ1) is 9.75. The fourth-order valence-corrected chi connectivity index (χ4v) is 3.08. The molecule has 1 heterocycles. The second-order valence-electron chi connectivity index (χ2n) is 6.30. The summed E-state index contributed by atoms with van der Waals surface area (Å²) in [6.45, 7) is 8.32. The summed E-state index contributed by atoms with van der Waals surface area (Å²) in [5.41, 5.74) is 1.46. The number of nitrogens with zero attached hydrogens (tertiary/aromatic N) is 1. The second-order valence-corrected chi connectivity index (χ2v) is 6.30. The number of likely N-dealkylation sites (tertiary alicyclic amines) is 1. The van der Waals surface area contributed by atoms with Crippen LogP contribution in [0.15, 0.2) is 30.3 Å². The van der Waals surface area contributed by atoms with Gasteiger partial charge in [0.15, 0.2) is 0 Å². The Labute approximate surface area is 124 Å². The van der Waals surface area contributed by atoms with Crippen LogP contribution in [0.25, 0.3) is 0 Å². The van der Waals surface area contributed by atoms with Gasteiger partial charge < -0.3 is 10.2 Å². The lowest BCUT2D eigenvalue weighted by Gasteiger charge is -2.24. The first-order valence-corrected chi connectivity index (χ1v) is 8.27. The zero-order chi connectivity index (χ0) is 14.2.